The van der Waals surface area contributed by atoms with Crippen molar-refractivity contribution >= 4 is 41.7 Å². The van der Waals surface area contributed by atoms with Crippen molar-refractivity contribution < 1.29 is 4.79 Å². The molecule has 0 saturated carbocycles. The van der Waals surface area contributed by atoms with E-state index in [1.165, 1.54) is 0 Å². The van der Waals surface area contributed by atoms with Crippen LogP contribution in [0.5, 0.6) is 0 Å². The minimum atomic E-state index is -0.504. The van der Waals surface area contributed by atoms with Crippen LogP contribution < -0.4 is 16.0 Å². The molecule has 0 fully saturated rings. The van der Waals surface area contributed by atoms with Gasteiger partial charge in [0.1, 0.15) is 0 Å². The number of anilines is 1. The van der Waals surface area contributed by atoms with Gasteiger partial charge in [0.25, 0.3) is 0 Å². The number of halogens is 2. The number of benzene rings is 1. The lowest BCUT2D eigenvalue weighted by Gasteiger charge is -2.11. The van der Waals surface area contributed by atoms with E-state index in [9.17, 15) is 4.79 Å². The van der Waals surface area contributed by atoms with Crippen molar-refractivity contribution in [3.63, 3.8) is 0 Å². The maximum Gasteiger partial charge on any atom is 0.326 e. The third-order valence-corrected chi connectivity index (χ3v) is 2.26. The first-order valence-corrected chi connectivity index (χ1v) is 5.02. The summed E-state index contributed by atoms with van der Waals surface area (Å²) < 4.78 is 0. The van der Waals surface area contributed by atoms with E-state index in [0.717, 1.165) is 5.56 Å². The zero-order chi connectivity index (χ0) is 12.1. The maximum absolute atomic E-state index is 11.4. The summed E-state index contributed by atoms with van der Waals surface area (Å²) in [5, 5.41) is 15.1. The van der Waals surface area contributed by atoms with E-state index in [4.69, 9.17) is 17.0 Å². The van der Waals surface area contributed by atoms with Gasteiger partial charge in [-0.05, 0) is 18.6 Å². The van der Waals surface area contributed by atoms with Crippen LogP contribution in [-0.2, 0) is 0 Å². The van der Waals surface area contributed by atoms with Crippen LogP contribution in [0.2, 0.25) is 5.02 Å². The summed E-state index contributed by atoms with van der Waals surface area (Å²) >= 11 is 5.93. The number of hydrogen-bond acceptors (Lipinski definition) is 2. The molecule has 0 aromatic heterocycles. The molecule has 1 rings (SSSR count). The highest BCUT2D eigenvalue weighted by Gasteiger charge is 2.08. The highest BCUT2D eigenvalue weighted by molar-refractivity contribution is 6.34. The first kappa shape index (κ1) is 15.5. The van der Waals surface area contributed by atoms with Crippen molar-refractivity contribution in [3.8, 4) is 0 Å². The second-order valence-corrected chi connectivity index (χ2v) is 3.54. The highest BCUT2D eigenvalue weighted by atomic mass is 35.5. The fourth-order valence-corrected chi connectivity index (χ4v) is 1.38. The number of rotatable bonds is 1. The molecular weight excluding hydrogens is 263 g/mol. The highest BCUT2D eigenvalue weighted by Crippen LogP contribution is 2.24. The fraction of sp³-hybridized carbons (Fsp3) is 0.200. The van der Waals surface area contributed by atoms with Gasteiger partial charge in [0.05, 0.1) is 10.7 Å². The number of urea groups is 1. The quantitative estimate of drug-likeness (QED) is 0.469. The van der Waals surface area contributed by atoms with Crippen molar-refractivity contribution in [1.29, 1.82) is 5.41 Å². The van der Waals surface area contributed by atoms with Crippen LogP contribution in [0.4, 0.5) is 10.5 Å². The van der Waals surface area contributed by atoms with Gasteiger partial charge in [-0.25, -0.2) is 4.79 Å². The summed E-state index contributed by atoms with van der Waals surface area (Å²) in [7, 11) is 1.54. The summed E-state index contributed by atoms with van der Waals surface area (Å²) in [5.41, 5.74) is 1.41. The second-order valence-electron chi connectivity index (χ2n) is 3.14. The van der Waals surface area contributed by atoms with Gasteiger partial charge in [0, 0.05) is 7.05 Å². The summed E-state index contributed by atoms with van der Waals surface area (Å²) in [6.07, 6.45) is 0. The predicted molar refractivity (Wildman–Crippen MR) is 72.4 cm³/mol. The minimum absolute atomic E-state index is 0. The van der Waals surface area contributed by atoms with Crippen LogP contribution >= 0.6 is 24.0 Å². The first-order chi connectivity index (χ1) is 7.54. The molecule has 0 radical (unpaired) electrons. The Kier molecular flexibility index (Phi) is 6.38. The number of nitrogens with one attached hydrogen (secondary N) is 4. The molecule has 0 aliphatic rings. The number of para-hydroxylation sites is 1. The van der Waals surface area contributed by atoms with E-state index >= 15 is 0 Å². The van der Waals surface area contributed by atoms with E-state index in [1.54, 1.807) is 19.2 Å². The lowest BCUT2D eigenvalue weighted by Crippen LogP contribution is -2.40. The molecule has 1 aromatic rings. The molecule has 17 heavy (non-hydrogen) atoms. The average molecular weight is 277 g/mol. The molecule has 1 aromatic carbocycles. The molecule has 0 heterocycles. The lowest BCUT2D eigenvalue weighted by atomic mass is 10.2. The van der Waals surface area contributed by atoms with E-state index in [-0.39, 0.29) is 18.4 Å². The number of carbonyl (C=O) groups excluding carboxylic acids is 1. The molecule has 0 atom stereocenters. The SMILES string of the molecule is CNC(=N)NC(=O)Nc1c(C)cccc1Cl.Cl. The van der Waals surface area contributed by atoms with Crippen LogP contribution in [-0.4, -0.2) is 19.0 Å². The zero-order valence-corrected chi connectivity index (χ0v) is 11.0. The van der Waals surface area contributed by atoms with Gasteiger partial charge in [-0.15, -0.1) is 12.4 Å². The van der Waals surface area contributed by atoms with Crippen LogP contribution in [0, 0.1) is 12.3 Å². The van der Waals surface area contributed by atoms with Gasteiger partial charge in [-0.2, -0.15) is 0 Å². The number of guanidine groups is 1. The Morgan fingerprint density at radius 2 is 2.06 bits per heavy atom. The van der Waals surface area contributed by atoms with E-state index < -0.39 is 6.03 Å². The molecule has 0 bridgehead atoms. The third-order valence-electron chi connectivity index (χ3n) is 1.95. The average Bonchev–Trinajstić information content (AvgIpc) is 2.23. The Morgan fingerprint density at radius 3 is 2.59 bits per heavy atom. The molecule has 0 spiro atoms. The number of aryl methyl sites for hydroxylation is 1. The van der Waals surface area contributed by atoms with Crippen molar-refractivity contribution in [2.75, 3.05) is 12.4 Å². The van der Waals surface area contributed by atoms with Crippen molar-refractivity contribution in [1.82, 2.24) is 10.6 Å². The molecule has 0 saturated heterocycles. The van der Waals surface area contributed by atoms with Crippen LogP contribution in [0.3, 0.4) is 0 Å². The summed E-state index contributed by atoms with van der Waals surface area (Å²) in [5.74, 6) is -0.0813. The molecular formula is C10H14Cl2N4O. The fourth-order valence-electron chi connectivity index (χ4n) is 1.11. The third kappa shape index (κ3) is 4.50. The largest absolute Gasteiger partial charge is 0.359 e. The van der Waals surface area contributed by atoms with Gasteiger partial charge in [-0.3, -0.25) is 10.7 Å². The molecule has 5 nitrogen and oxygen atoms in total. The van der Waals surface area contributed by atoms with Crippen LogP contribution in [0.15, 0.2) is 18.2 Å². The molecule has 7 heteroatoms. The zero-order valence-electron chi connectivity index (χ0n) is 9.43. The Bertz CT molecular complexity index is 403. The van der Waals surface area contributed by atoms with E-state index in [2.05, 4.69) is 16.0 Å². The number of carbonyl (C=O) groups is 1. The van der Waals surface area contributed by atoms with Crippen LogP contribution in [0.1, 0.15) is 5.56 Å². The minimum Gasteiger partial charge on any atom is -0.359 e. The van der Waals surface area contributed by atoms with Crippen molar-refractivity contribution in [2.45, 2.75) is 6.92 Å². The summed E-state index contributed by atoms with van der Waals surface area (Å²) in [6, 6.07) is 4.82. The van der Waals surface area contributed by atoms with Gasteiger partial charge in [0.2, 0.25) is 0 Å². The molecule has 94 valence electrons. The molecule has 2 amide bonds. The monoisotopic (exact) mass is 276 g/mol. The van der Waals surface area contributed by atoms with Gasteiger partial charge < -0.3 is 10.6 Å². The van der Waals surface area contributed by atoms with Gasteiger partial charge >= 0.3 is 6.03 Å². The standard InChI is InChI=1S/C10H13ClN4O.ClH/c1-6-4-3-5-7(11)8(6)14-10(16)15-9(12)13-2;/h3-5H,1-2H3,(H4,12,13,14,15,16);1H. The Labute approximate surface area is 111 Å². The predicted octanol–water partition coefficient (Wildman–Crippen LogP) is 2.35. The molecule has 0 unspecified atom stereocenters. The lowest BCUT2D eigenvalue weighted by molar-refractivity contribution is 0.256. The summed E-state index contributed by atoms with van der Waals surface area (Å²) in [6.45, 7) is 1.84. The number of hydrogen-bond donors (Lipinski definition) is 4. The maximum atomic E-state index is 11.4. The van der Waals surface area contributed by atoms with E-state index in [0.29, 0.717) is 10.7 Å². The van der Waals surface area contributed by atoms with Crippen LogP contribution in [0.25, 0.3) is 0 Å². The Hall–Kier alpha value is -1.46. The van der Waals surface area contributed by atoms with Gasteiger partial charge in [-0.1, -0.05) is 23.7 Å². The Morgan fingerprint density at radius 1 is 1.41 bits per heavy atom. The Balaban J connectivity index is 0.00000256. The second kappa shape index (κ2) is 6.98. The normalized spacial score (nSPS) is 8.88. The van der Waals surface area contributed by atoms with Crippen molar-refractivity contribution in [3.05, 3.63) is 28.8 Å². The molecule has 0 aliphatic carbocycles. The van der Waals surface area contributed by atoms with Crippen molar-refractivity contribution in [2.24, 2.45) is 0 Å². The smallest absolute Gasteiger partial charge is 0.326 e. The molecule has 0 aliphatic heterocycles. The topological polar surface area (TPSA) is 77.0 Å². The van der Waals surface area contributed by atoms with E-state index in [1.807, 2.05) is 13.0 Å². The first-order valence-electron chi connectivity index (χ1n) is 4.64. The van der Waals surface area contributed by atoms with Gasteiger partial charge in [0.15, 0.2) is 5.96 Å². The summed E-state index contributed by atoms with van der Waals surface area (Å²) in [4.78, 5) is 11.4. The number of amides is 2. The molecule has 4 N–H and O–H groups in total.